The summed E-state index contributed by atoms with van der Waals surface area (Å²) in [5.74, 6) is -0.346. The van der Waals surface area contributed by atoms with Crippen molar-refractivity contribution in [3.8, 4) is 23.1 Å². The number of halogens is 1. The molecular formula is C25H23FN4O3. The van der Waals surface area contributed by atoms with Gasteiger partial charge in [-0.2, -0.15) is 4.98 Å². The lowest BCUT2D eigenvalue weighted by Gasteiger charge is -2.09. The Morgan fingerprint density at radius 1 is 1.00 bits per heavy atom. The van der Waals surface area contributed by atoms with Gasteiger partial charge in [0.15, 0.2) is 5.82 Å². The Balaban J connectivity index is 1.45. The minimum Gasteiger partial charge on any atom is -0.463 e. The fourth-order valence-corrected chi connectivity index (χ4v) is 3.20. The van der Waals surface area contributed by atoms with Gasteiger partial charge in [0.05, 0.1) is 24.5 Å². The summed E-state index contributed by atoms with van der Waals surface area (Å²) in [5.41, 5.74) is 2.55. The van der Waals surface area contributed by atoms with Crippen molar-refractivity contribution >= 4 is 11.6 Å². The van der Waals surface area contributed by atoms with Gasteiger partial charge in [-0.1, -0.05) is 42.5 Å². The van der Waals surface area contributed by atoms with Crippen LogP contribution >= 0.6 is 0 Å². The van der Waals surface area contributed by atoms with E-state index in [0.717, 1.165) is 5.56 Å². The number of hydrogen-bond donors (Lipinski definition) is 1. The quantitative estimate of drug-likeness (QED) is 0.406. The first kappa shape index (κ1) is 22.2. The van der Waals surface area contributed by atoms with E-state index in [1.807, 2.05) is 37.3 Å². The molecule has 0 bridgehead atoms. The zero-order valence-corrected chi connectivity index (χ0v) is 18.1. The van der Waals surface area contributed by atoms with Gasteiger partial charge in [0.25, 0.3) is 0 Å². The zero-order valence-electron chi connectivity index (χ0n) is 18.1. The Morgan fingerprint density at radius 2 is 1.73 bits per heavy atom. The average Bonchev–Trinajstić information content (AvgIpc) is 3.24. The Hall–Kier alpha value is -4.04. The Kier molecular flexibility index (Phi) is 7.06. The number of nitrogens with zero attached hydrogens (tertiary/aromatic N) is 3. The molecule has 8 heteroatoms. The topological polar surface area (TPSA) is 78.3 Å². The molecule has 1 aromatic heterocycles. The highest BCUT2D eigenvalue weighted by molar-refractivity contribution is 5.91. The van der Waals surface area contributed by atoms with Gasteiger partial charge < -0.3 is 14.8 Å². The monoisotopic (exact) mass is 446 g/mol. The molecule has 0 atom stereocenters. The van der Waals surface area contributed by atoms with Crippen LogP contribution in [0.2, 0.25) is 0 Å². The van der Waals surface area contributed by atoms with Crippen molar-refractivity contribution in [3.05, 3.63) is 90.2 Å². The van der Waals surface area contributed by atoms with E-state index < -0.39 is 5.82 Å². The number of anilines is 1. The number of rotatable bonds is 9. The summed E-state index contributed by atoms with van der Waals surface area (Å²) in [6.45, 7) is 2.51. The van der Waals surface area contributed by atoms with Crippen LogP contribution in [0.15, 0.2) is 78.9 Å². The fourth-order valence-electron chi connectivity index (χ4n) is 3.20. The highest BCUT2D eigenvalue weighted by Gasteiger charge is 2.17. The van der Waals surface area contributed by atoms with Crippen LogP contribution in [0.3, 0.4) is 0 Å². The molecule has 0 unspecified atom stereocenters. The van der Waals surface area contributed by atoms with E-state index in [4.69, 9.17) is 9.47 Å². The third kappa shape index (κ3) is 5.61. The van der Waals surface area contributed by atoms with Gasteiger partial charge >= 0.3 is 6.01 Å². The van der Waals surface area contributed by atoms with Crippen molar-refractivity contribution in [2.24, 2.45) is 0 Å². The lowest BCUT2D eigenvalue weighted by atomic mass is 10.2. The molecule has 1 amide bonds. The normalized spacial score (nSPS) is 10.7. The second-order valence-electron chi connectivity index (χ2n) is 7.12. The molecule has 0 saturated heterocycles. The molecule has 1 heterocycles. The molecule has 168 valence electrons. The first-order valence-corrected chi connectivity index (χ1v) is 10.5. The van der Waals surface area contributed by atoms with Crippen LogP contribution < -0.4 is 10.1 Å². The van der Waals surface area contributed by atoms with Crippen LogP contribution in [0.25, 0.3) is 17.1 Å². The maximum absolute atomic E-state index is 14.4. The molecule has 0 spiro atoms. The summed E-state index contributed by atoms with van der Waals surface area (Å²) in [6.07, 6.45) is 0. The van der Waals surface area contributed by atoms with Crippen molar-refractivity contribution in [1.29, 1.82) is 0 Å². The van der Waals surface area contributed by atoms with Crippen molar-refractivity contribution in [2.75, 3.05) is 18.5 Å². The molecule has 0 aliphatic heterocycles. The van der Waals surface area contributed by atoms with Gasteiger partial charge in [-0.3, -0.25) is 4.79 Å². The summed E-state index contributed by atoms with van der Waals surface area (Å²) >= 11 is 0. The highest BCUT2D eigenvalue weighted by atomic mass is 19.1. The van der Waals surface area contributed by atoms with E-state index >= 15 is 0 Å². The van der Waals surface area contributed by atoms with E-state index in [-0.39, 0.29) is 18.5 Å². The first-order chi connectivity index (χ1) is 16.1. The van der Waals surface area contributed by atoms with Gasteiger partial charge in [0.2, 0.25) is 5.91 Å². The van der Waals surface area contributed by atoms with Crippen LogP contribution in [0, 0.1) is 5.82 Å². The van der Waals surface area contributed by atoms with Gasteiger partial charge in [0.1, 0.15) is 12.4 Å². The van der Waals surface area contributed by atoms with Gasteiger partial charge in [-0.25, -0.2) is 9.07 Å². The van der Waals surface area contributed by atoms with Gasteiger partial charge in [0, 0.05) is 5.69 Å². The van der Waals surface area contributed by atoms with Crippen molar-refractivity contribution in [3.63, 3.8) is 0 Å². The lowest BCUT2D eigenvalue weighted by Crippen LogP contribution is -2.18. The number of carbonyl (C=O) groups excluding carboxylic acids is 1. The molecule has 4 aromatic rings. The Labute approximate surface area is 190 Å². The van der Waals surface area contributed by atoms with Crippen molar-refractivity contribution < 1.29 is 18.7 Å². The largest absolute Gasteiger partial charge is 0.463 e. The van der Waals surface area contributed by atoms with Gasteiger partial charge in [-0.05, 0) is 48.9 Å². The number of carbonyl (C=O) groups is 1. The number of ether oxygens (including phenoxy) is 2. The van der Waals surface area contributed by atoms with Crippen LogP contribution in [0.1, 0.15) is 12.5 Å². The smallest absolute Gasteiger partial charge is 0.336 e. The molecule has 0 fully saturated rings. The maximum Gasteiger partial charge on any atom is 0.336 e. The van der Waals surface area contributed by atoms with Crippen molar-refractivity contribution in [1.82, 2.24) is 14.8 Å². The van der Waals surface area contributed by atoms with E-state index in [1.165, 1.54) is 10.7 Å². The number of hydrogen-bond acceptors (Lipinski definition) is 5. The average molecular weight is 446 g/mol. The fraction of sp³-hybridized carbons (Fsp3) is 0.160. The molecule has 33 heavy (non-hydrogen) atoms. The van der Waals surface area contributed by atoms with E-state index in [2.05, 4.69) is 15.4 Å². The van der Waals surface area contributed by atoms with E-state index in [1.54, 1.807) is 42.5 Å². The van der Waals surface area contributed by atoms with Crippen LogP contribution in [0.4, 0.5) is 10.1 Å². The highest BCUT2D eigenvalue weighted by Crippen LogP contribution is 2.26. The molecule has 4 rings (SSSR count). The predicted molar refractivity (Wildman–Crippen MR) is 123 cm³/mol. The van der Waals surface area contributed by atoms with Gasteiger partial charge in [-0.15, -0.1) is 5.10 Å². The summed E-state index contributed by atoms with van der Waals surface area (Å²) < 4.78 is 26.8. The Bertz CT molecular complexity index is 1210. The van der Waals surface area contributed by atoms with Crippen LogP contribution in [0.5, 0.6) is 6.01 Å². The number of aromatic nitrogens is 3. The number of amides is 1. The zero-order chi connectivity index (χ0) is 23.0. The van der Waals surface area contributed by atoms with Crippen LogP contribution in [-0.2, 0) is 16.1 Å². The van der Waals surface area contributed by atoms with E-state index in [9.17, 15) is 9.18 Å². The third-order valence-corrected chi connectivity index (χ3v) is 4.72. The number of benzene rings is 3. The third-order valence-electron chi connectivity index (χ3n) is 4.72. The molecule has 7 nitrogen and oxygen atoms in total. The minimum absolute atomic E-state index is 0.0606. The summed E-state index contributed by atoms with van der Waals surface area (Å²) in [5, 5.41) is 7.15. The van der Waals surface area contributed by atoms with Crippen molar-refractivity contribution in [2.45, 2.75) is 13.5 Å². The minimum atomic E-state index is -0.409. The molecular weight excluding hydrogens is 423 g/mol. The summed E-state index contributed by atoms with van der Waals surface area (Å²) in [7, 11) is 0. The van der Waals surface area contributed by atoms with Crippen LogP contribution in [-0.4, -0.2) is 33.9 Å². The predicted octanol–water partition coefficient (Wildman–Crippen LogP) is 4.63. The molecule has 0 aliphatic carbocycles. The summed E-state index contributed by atoms with van der Waals surface area (Å²) in [6, 6.07) is 23.1. The molecule has 0 radical (unpaired) electrons. The lowest BCUT2D eigenvalue weighted by molar-refractivity contribution is -0.121. The molecule has 0 aliphatic rings. The standard InChI is InChI=1S/C25H23FN4O3/c1-2-33-25-28-24(21-10-6-7-11-22(21)26)30(29-25)20-14-12-19(13-15-20)27-23(31)17-32-16-18-8-4-3-5-9-18/h3-15H,2,16-17H2,1H3,(H,27,31). The first-order valence-electron chi connectivity index (χ1n) is 10.5. The molecule has 0 saturated carbocycles. The molecule has 3 aromatic carbocycles. The number of nitrogens with one attached hydrogen (secondary N) is 1. The Morgan fingerprint density at radius 3 is 2.45 bits per heavy atom. The second-order valence-corrected chi connectivity index (χ2v) is 7.12. The van der Waals surface area contributed by atoms with E-state index in [0.29, 0.717) is 36.0 Å². The SMILES string of the molecule is CCOc1nc(-c2ccccc2F)n(-c2ccc(NC(=O)COCc3ccccc3)cc2)n1. The molecule has 1 N–H and O–H groups in total. The second kappa shape index (κ2) is 10.5. The summed E-state index contributed by atoms with van der Waals surface area (Å²) in [4.78, 5) is 16.5. The maximum atomic E-state index is 14.4.